The molecule has 0 fully saturated rings. The zero-order valence-electron chi connectivity index (χ0n) is 28.8. The third kappa shape index (κ3) is 6.46. The van der Waals surface area contributed by atoms with Gasteiger partial charge < -0.3 is 19.1 Å². The number of carbonyl (C=O) groups is 1. The van der Waals surface area contributed by atoms with Crippen LogP contribution in [0.25, 0.3) is 43.9 Å². The minimum absolute atomic E-state index is 0.0153. The van der Waals surface area contributed by atoms with Gasteiger partial charge in [-0.3, -0.25) is 19.4 Å². The van der Waals surface area contributed by atoms with Crippen molar-refractivity contribution < 1.29 is 36.6 Å². The van der Waals surface area contributed by atoms with Crippen LogP contribution in [-0.2, 0) is 33.3 Å². The summed E-state index contributed by atoms with van der Waals surface area (Å²) in [5, 5.41) is 7.32. The summed E-state index contributed by atoms with van der Waals surface area (Å²) in [6, 6.07) is 6.84. The molecule has 0 N–H and O–H groups in total. The highest BCUT2D eigenvalue weighted by molar-refractivity contribution is 7.18. The highest BCUT2D eigenvalue weighted by Crippen LogP contribution is 2.48. The Morgan fingerprint density at radius 1 is 1.08 bits per heavy atom. The molecule has 1 atom stereocenters. The number of alkyl halides is 2. The van der Waals surface area contributed by atoms with Gasteiger partial charge in [0.2, 0.25) is 5.91 Å². The van der Waals surface area contributed by atoms with Gasteiger partial charge in [0.15, 0.2) is 0 Å². The second-order valence-corrected chi connectivity index (χ2v) is 13.6. The summed E-state index contributed by atoms with van der Waals surface area (Å²) < 4.78 is 80.1. The molecule has 1 aromatic carbocycles. The van der Waals surface area contributed by atoms with Crippen LogP contribution in [0.5, 0.6) is 5.75 Å². The van der Waals surface area contributed by atoms with Gasteiger partial charge in [0, 0.05) is 73.4 Å². The fourth-order valence-corrected chi connectivity index (χ4v) is 7.91. The van der Waals surface area contributed by atoms with Gasteiger partial charge in [-0.25, -0.2) is 13.8 Å². The fraction of sp³-hybridized carbons (Fsp3) is 0.351. The largest absolute Gasteiger partial charge is 0.490 e. The van der Waals surface area contributed by atoms with Crippen LogP contribution in [0.4, 0.5) is 17.6 Å². The molecule has 1 unspecified atom stereocenters. The maximum Gasteiger partial charge on any atom is 0.302 e. The first-order valence-electron chi connectivity index (χ1n) is 16.7. The number of halogens is 4. The van der Waals surface area contributed by atoms with Crippen molar-refractivity contribution in [2.75, 3.05) is 53.7 Å². The van der Waals surface area contributed by atoms with E-state index < -0.39 is 24.1 Å². The Kier molecular flexibility index (Phi) is 9.87. The van der Waals surface area contributed by atoms with Gasteiger partial charge in [-0.05, 0) is 42.1 Å². The smallest absolute Gasteiger partial charge is 0.302 e. The van der Waals surface area contributed by atoms with Crippen molar-refractivity contribution >= 4 is 27.3 Å². The Morgan fingerprint density at radius 3 is 2.65 bits per heavy atom. The zero-order chi connectivity index (χ0) is 36.7. The van der Waals surface area contributed by atoms with Crippen LogP contribution in [0.3, 0.4) is 0 Å². The van der Waals surface area contributed by atoms with Crippen molar-refractivity contribution in [3.8, 4) is 39.5 Å². The molecule has 4 aromatic heterocycles. The summed E-state index contributed by atoms with van der Waals surface area (Å²) >= 11 is 1.32. The number of pyridine rings is 2. The Morgan fingerprint density at radius 2 is 1.88 bits per heavy atom. The molecule has 0 spiro atoms. The first kappa shape index (κ1) is 35.7. The highest BCUT2D eigenvalue weighted by atomic mass is 32.1. The van der Waals surface area contributed by atoms with Crippen LogP contribution in [-0.4, -0.2) is 89.1 Å². The molecular formula is C37H36F4N6O4S. The standard InChI is InChI=1S/C37H36F4N6O4S/c1-5-30(48)46-7-8-47-28(21(46)2)17-27(44-47)34-32(31-26(39)15-24(38)16-29(31)51-12-11-50-4)35-25(6-13-52-35)33(43-34)22-14-23-19-45(9-10-49-3)20-37(40,41)36(23)42-18-22/h5-6,13-18,21H,1,7-12,19-20H2,2-4H3. The maximum absolute atomic E-state index is 16.2. The third-order valence-corrected chi connectivity index (χ3v) is 10.3. The Bertz CT molecular complexity index is 2170. The molecule has 1 amide bonds. The fourth-order valence-electron chi connectivity index (χ4n) is 6.96. The van der Waals surface area contributed by atoms with E-state index >= 15 is 13.2 Å². The van der Waals surface area contributed by atoms with E-state index in [9.17, 15) is 9.18 Å². The van der Waals surface area contributed by atoms with Crippen molar-refractivity contribution in [1.29, 1.82) is 0 Å². The molecule has 2 aliphatic heterocycles. The summed E-state index contributed by atoms with van der Waals surface area (Å²) in [4.78, 5) is 25.3. The number of hydrogen-bond acceptors (Lipinski definition) is 9. The van der Waals surface area contributed by atoms with Crippen LogP contribution < -0.4 is 4.74 Å². The Balaban J connectivity index is 1.46. The van der Waals surface area contributed by atoms with E-state index in [1.165, 1.54) is 37.8 Å². The predicted octanol–water partition coefficient (Wildman–Crippen LogP) is 6.84. The lowest BCUT2D eigenvalue weighted by Gasteiger charge is -2.33. The van der Waals surface area contributed by atoms with E-state index in [1.54, 1.807) is 26.6 Å². The number of amides is 1. The summed E-state index contributed by atoms with van der Waals surface area (Å²) in [5.74, 6) is -5.13. The lowest BCUT2D eigenvalue weighted by Crippen LogP contribution is -2.42. The molecule has 7 rings (SSSR count). The topological polar surface area (TPSA) is 94.8 Å². The van der Waals surface area contributed by atoms with Gasteiger partial charge in [-0.15, -0.1) is 11.3 Å². The van der Waals surface area contributed by atoms with Gasteiger partial charge in [-0.2, -0.15) is 13.9 Å². The highest BCUT2D eigenvalue weighted by Gasteiger charge is 2.42. The lowest BCUT2D eigenvalue weighted by molar-refractivity contribution is -0.129. The van der Waals surface area contributed by atoms with Gasteiger partial charge in [0.25, 0.3) is 0 Å². The maximum atomic E-state index is 16.2. The number of rotatable bonds is 11. The van der Waals surface area contributed by atoms with E-state index in [1.807, 2.05) is 18.4 Å². The molecule has 0 saturated heterocycles. The van der Waals surface area contributed by atoms with E-state index in [4.69, 9.17) is 24.3 Å². The number of aromatic nitrogens is 4. The first-order chi connectivity index (χ1) is 25.0. The lowest BCUT2D eigenvalue weighted by atomic mass is 9.95. The summed E-state index contributed by atoms with van der Waals surface area (Å²) in [5.41, 5.74) is 2.64. The van der Waals surface area contributed by atoms with E-state index in [-0.39, 0.29) is 54.4 Å². The number of carbonyl (C=O) groups excluding carboxylic acids is 1. The van der Waals surface area contributed by atoms with Crippen molar-refractivity contribution in [2.24, 2.45) is 0 Å². The van der Waals surface area contributed by atoms with Gasteiger partial charge in [-0.1, -0.05) is 6.58 Å². The molecule has 0 saturated carbocycles. The van der Waals surface area contributed by atoms with Crippen molar-refractivity contribution in [2.45, 2.75) is 32.0 Å². The summed E-state index contributed by atoms with van der Waals surface area (Å²) in [6.07, 6.45) is 2.65. The van der Waals surface area contributed by atoms with Gasteiger partial charge in [0.05, 0.1) is 49.3 Å². The van der Waals surface area contributed by atoms with Gasteiger partial charge >= 0.3 is 5.92 Å². The molecule has 6 heterocycles. The quantitative estimate of drug-likeness (QED) is 0.0828. The number of nitrogens with zero attached hydrogens (tertiary/aromatic N) is 6. The Labute approximate surface area is 301 Å². The molecule has 10 nitrogen and oxygen atoms in total. The predicted molar refractivity (Wildman–Crippen MR) is 188 cm³/mol. The molecule has 5 aromatic rings. The first-order valence-corrected chi connectivity index (χ1v) is 17.5. The van der Waals surface area contributed by atoms with E-state index in [2.05, 4.69) is 11.6 Å². The third-order valence-electron chi connectivity index (χ3n) is 9.40. The second-order valence-electron chi connectivity index (χ2n) is 12.7. The molecule has 52 heavy (non-hydrogen) atoms. The number of benzene rings is 1. The van der Waals surface area contributed by atoms with Gasteiger partial charge in [0.1, 0.15) is 41.1 Å². The second kappa shape index (κ2) is 14.4. The monoisotopic (exact) mass is 736 g/mol. The molecule has 272 valence electrons. The number of ether oxygens (including phenoxy) is 3. The number of fused-ring (bicyclic) bond motifs is 3. The van der Waals surface area contributed by atoms with Crippen molar-refractivity contribution in [3.05, 3.63) is 83.1 Å². The normalized spacial score (nSPS) is 16.9. The SMILES string of the molecule is C=CC(=O)N1CCn2nc(-c3nc(-c4cnc5c(c4)CN(CCOC)CC5(F)F)c4ccsc4c3-c3c(F)cc(F)cc3OCCOC)cc2C1C. The molecular weight excluding hydrogens is 701 g/mol. The van der Waals surface area contributed by atoms with E-state index in [0.29, 0.717) is 64.4 Å². The zero-order valence-corrected chi connectivity index (χ0v) is 29.6. The summed E-state index contributed by atoms with van der Waals surface area (Å²) in [6.45, 7) is 6.87. The Hall–Kier alpha value is -4.70. The molecule has 15 heteroatoms. The minimum Gasteiger partial charge on any atom is -0.490 e. The van der Waals surface area contributed by atoms with Crippen LogP contribution in [0, 0.1) is 11.6 Å². The molecule has 0 aliphatic carbocycles. The number of hydrogen-bond donors (Lipinski definition) is 0. The van der Waals surface area contributed by atoms with Crippen LogP contribution in [0.2, 0.25) is 0 Å². The average molecular weight is 737 g/mol. The summed E-state index contributed by atoms with van der Waals surface area (Å²) in [7, 11) is 3.01. The van der Waals surface area contributed by atoms with Crippen molar-refractivity contribution in [1.82, 2.24) is 29.5 Å². The van der Waals surface area contributed by atoms with E-state index in [0.717, 1.165) is 17.8 Å². The average Bonchev–Trinajstić information content (AvgIpc) is 3.78. The number of thiophene rings is 1. The molecule has 2 aliphatic rings. The van der Waals surface area contributed by atoms with Crippen molar-refractivity contribution in [3.63, 3.8) is 0 Å². The molecule has 0 bridgehead atoms. The number of methoxy groups -OCH3 is 2. The van der Waals surface area contributed by atoms with Crippen LogP contribution in [0.1, 0.15) is 29.9 Å². The van der Waals surface area contributed by atoms with Crippen LogP contribution >= 0.6 is 11.3 Å². The minimum atomic E-state index is -3.17. The van der Waals surface area contributed by atoms with Crippen LogP contribution in [0.15, 0.2) is 54.6 Å². The molecule has 0 radical (unpaired) electrons.